The van der Waals surface area contributed by atoms with Crippen molar-refractivity contribution >= 4 is 23.1 Å². The molecule has 12 heteroatoms. The molecule has 0 saturated carbocycles. The highest BCUT2D eigenvalue weighted by atomic mass is 19.4. The highest BCUT2D eigenvalue weighted by molar-refractivity contribution is 5.92. The van der Waals surface area contributed by atoms with Gasteiger partial charge in [-0.05, 0) is 49.4 Å². The number of carbonyl (C=O) groups excluding carboxylic acids is 1. The number of hydrogen-bond acceptors (Lipinski definition) is 8. The molecular weight excluding hydrogens is 479 g/mol. The first kappa shape index (κ1) is 25.2. The third-order valence-corrected chi connectivity index (χ3v) is 5.55. The van der Waals surface area contributed by atoms with Crippen molar-refractivity contribution in [2.24, 2.45) is 0 Å². The molecule has 0 radical (unpaired) electrons. The van der Waals surface area contributed by atoms with Gasteiger partial charge in [0.05, 0.1) is 29.6 Å². The number of hydrogen-bond donors (Lipinski definition) is 2. The summed E-state index contributed by atoms with van der Waals surface area (Å²) in [5.74, 6) is -0.107. The highest BCUT2D eigenvalue weighted by Crippen LogP contribution is 2.36. The number of halogens is 3. The molecule has 0 atom stereocenters. The van der Waals surface area contributed by atoms with Crippen LogP contribution in [0.1, 0.15) is 47.8 Å². The Bertz CT molecular complexity index is 1350. The third-order valence-electron chi connectivity index (χ3n) is 5.55. The fourth-order valence-corrected chi connectivity index (χ4v) is 3.76. The lowest BCUT2D eigenvalue weighted by Crippen LogP contribution is -2.10. The van der Waals surface area contributed by atoms with Gasteiger partial charge in [-0.2, -0.15) is 13.2 Å². The van der Waals surface area contributed by atoms with E-state index in [4.69, 9.17) is 9.84 Å². The Balaban J connectivity index is 1.56. The first-order valence-corrected chi connectivity index (χ1v) is 11.4. The van der Waals surface area contributed by atoms with Gasteiger partial charge in [0, 0.05) is 24.7 Å². The van der Waals surface area contributed by atoms with Crippen molar-refractivity contribution in [1.29, 1.82) is 0 Å². The van der Waals surface area contributed by atoms with E-state index in [9.17, 15) is 18.0 Å². The zero-order chi connectivity index (χ0) is 25.7. The Hall–Kier alpha value is -3.93. The molecule has 1 aromatic carbocycles. The van der Waals surface area contributed by atoms with Crippen LogP contribution in [-0.4, -0.2) is 43.8 Å². The zero-order valence-corrected chi connectivity index (χ0v) is 19.4. The van der Waals surface area contributed by atoms with E-state index >= 15 is 0 Å². The van der Waals surface area contributed by atoms with Gasteiger partial charge in [0.2, 0.25) is 0 Å². The van der Waals surface area contributed by atoms with Crippen LogP contribution in [0.5, 0.6) is 0 Å². The van der Waals surface area contributed by atoms with E-state index in [2.05, 4.69) is 25.0 Å². The minimum Gasteiger partial charge on any atom is -0.462 e. The molecule has 3 heterocycles. The number of esters is 1. The summed E-state index contributed by atoms with van der Waals surface area (Å²) in [6.07, 6.45) is 3.16. The predicted molar refractivity (Wildman–Crippen MR) is 124 cm³/mol. The van der Waals surface area contributed by atoms with Crippen molar-refractivity contribution in [1.82, 2.24) is 19.5 Å². The number of carbonyl (C=O) groups is 1. The van der Waals surface area contributed by atoms with E-state index in [0.29, 0.717) is 42.0 Å². The van der Waals surface area contributed by atoms with Crippen LogP contribution in [0.3, 0.4) is 0 Å². The number of unbranched alkanes of at least 4 members (excludes halogenated alkanes) is 2. The predicted octanol–water partition coefficient (Wildman–Crippen LogP) is 5.03. The van der Waals surface area contributed by atoms with Gasteiger partial charge in [0.1, 0.15) is 6.26 Å². The molecular formula is C24H24F3N5O4. The molecule has 0 spiro atoms. The van der Waals surface area contributed by atoms with Crippen molar-refractivity contribution in [2.45, 2.75) is 38.8 Å². The van der Waals surface area contributed by atoms with Crippen LogP contribution >= 0.6 is 0 Å². The first-order valence-electron chi connectivity index (χ1n) is 11.4. The summed E-state index contributed by atoms with van der Waals surface area (Å²) < 4.78 is 51.3. The van der Waals surface area contributed by atoms with E-state index < -0.39 is 17.8 Å². The number of aliphatic hydroxyl groups is 1. The monoisotopic (exact) mass is 503 g/mol. The van der Waals surface area contributed by atoms with Crippen LogP contribution < -0.4 is 5.32 Å². The fraction of sp³-hybridized carbons (Fsp3) is 0.333. The molecule has 0 unspecified atom stereocenters. The molecule has 0 aliphatic rings. The summed E-state index contributed by atoms with van der Waals surface area (Å²) in [4.78, 5) is 21.0. The second-order valence-corrected chi connectivity index (χ2v) is 7.96. The summed E-state index contributed by atoms with van der Waals surface area (Å²) in [5, 5.41) is 15.0. The summed E-state index contributed by atoms with van der Waals surface area (Å²) in [6, 6.07) is 5.14. The lowest BCUT2D eigenvalue weighted by molar-refractivity contribution is -0.142. The fourth-order valence-electron chi connectivity index (χ4n) is 3.76. The molecule has 0 bridgehead atoms. The Kier molecular flexibility index (Phi) is 7.53. The summed E-state index contributed by atoms with van der Waals surface area (Å²) in [6.45, 7) is 2.30. The van der Waals surface area contributed by atoms with Crippen molar-refractivity contribution in [3.8, 4) is 11.3 Å². The molecule has 190 valence electrons. The number of ether oxygens (including phenoxy) is 1. The van der Waals surface area contributed by atoms with Gasteiger partial charge in [-0.25, -0.2) is 14.8 Å². The minimum absolute atomic E-state index is 0.111. The van der Waals surface area contributed by atoms with Crippen LogP contribution in [0.2, 0.25) is 0 Å². The molecule has 0 aliphatic carbocycles. The molecule has 2 N–H and O–H groups in total. The van der Waals surface area contributed by atoms with Gasteiger partial charge in [-0.1, -0.05) is 12.1 Å². The lowest BCUT2D eigenvalue weighted by atomic mass is 10.0. The second-order valence-electron chi connectivity index (χ2n) is 7.96. The third kappa shape index (κ3) is 5.33. The molecule has 36 heavy (non-hydrogen) atoms. The number of nitrogens with one attached hydrogen (secondary N) is 1. The van der Waals surface area contributed by atoms with Crippen LogP contribution in [0.15, 0.2) is 47.6 Å². The Morgan fingerprint density at radius 1 is 1.22 bits per heavy atom. The van der Waals surface area contributed by atoms with E-state index in [1.165, 1.54) is 23.0 Å². The summed E-state index contributed by atoms with van der Waals surface area (Å²) in [7, 11) is 0. The van der Waals surface area contributed by atoms with Gasteiger partial charge >= 0.3 is 12.1 Å². The van der Waals surface area contributed by atoms with Gasteiger partial charge < -0.3 is 19.7 Å². The summed E-state index contributed by atoms with van der Waals surface area (Å²) in [5.41, 5.74) is 0.903. The average molecular weight is 503 g/mol. The number of rotatable bonds is 10. The lowest BCUT2D eigenvalue weighted by Gasteiger charge is -2.12. The molecule has 3 aromatic heterocycles. The Morgan fingerprint density at radius 2 is 2.06 bits per heavy atom. The molecule has 0 aliphatic heterocycles. The second kappa shape index (κ2) is 10.8. The number of nitrogens with zero attached hydrogens (tertiary/aromatic N) is 4. The molecule has 0 amide bonds. The van der Waals surface area contributed by atoms with Crippen molar-refractivity contribution in [2.75, 3.05) is 18.5 Å². The van der Waals surface area contributed by atoms with E-state index in [-0.39, 0.29) is 24.5 Å². The maximum Gasteiger partial charge on any atom is 0.437 e. The zero-order valence-electron chi connectivity index (χ0n) is 19.4. The first-order chi connectivity index (χ1) is 17.3. The Morgan fingerprint density at radius 3 is 2.81 bits per heavy atom. The van der Waals surface area contributed by atoms with E-state index in [1.54, 1.807) is 18.2 Å². The number of aromatic nitrogens is 4. The number of aliphatic hydroxyl groups excluding tert-OH is 1. The Labute approximate surface area is 203 Å². The number of benzene rings is 1. The quantitative estimate of drug-likeness (QED) is 0.229. The molecule has 4 rings (SSSR count). The van der Waals surface area contributed by atoms with Crippen molar-refractivity contribution < 1.29 is 32.3 Å². The number of aryl methyl sites for hydroxylation is 1. The minimum atomic E-state index is -4.68. The summed E-state index contributed by atoms with van der Waals surface area (Å²) >= 11 is 0. The van der Waals surface area contributed by atoms with Crippen LogP contribution in [-0.2, 0) is 17.3 Å². The largest absolute Gasteiger partial charge is 0.462 e. The van der Waals surface area contributed by atoms with Crippen LogP contribution in [0.25, 0.3) is 16.9 Å². The molecule has 0 fully saturated rings. The number of fused-ring (bicyclic) bond motifs is 1. The molecule has 0 saturated heterocycles. The standard InChI is InChI=1S/C24H24F3N5O4/c1-2-15-12-16(6-7-17(15)23(34)35-11-5-3-4-10-33)30-21-22-29-13-19(32(22)9-8-28-21)18-14-36-31-20(18)24(25,26)27/h6-9,12-14,33H,2-5,10-11H2,1H3,(H,28,30). The number of imidazole rings is 1. The SMILES string of the molecule is CCc1cc(Nc2nccn3c(-c4conc4C(F)(F)F)cnc23)ccc1C(=O)OCCCCCO. The van der Waals surface area contributed by atoms with Gasteiger partial charge in [0.15, 0.2) is 17.2 Å². The van der Waals surface area contributed by atoms with Crippen LogP contribution in [0.4, 0.5) is 24.7 Å². The molecule has 4 aromatic rings. The topological polar surface area (TPSA) is 115 Å². The van der Waals surface area contributed by atoms with E-state index in [0.717, 1.165) is 18.2 Å². The maximum atomic E-state index is 13.3. The van der Waals surface area contributed by atoms with Crippen LogP contribution in [0, 0.1) is 0 Å². The van der Waals surface area contributed by atoms with Gasteiger partial charge in [-0.3, -0.25) is 4.40 Å². The van der Waals surface area contributed by atoms with Crippen molar-refractivity contribution in [3.63, 3.8) is 0 Å². The van der Waals surface area contributed by atoms with Gasteiger partial charge in [0.25, 0.3) is 0 Å². The number of alkyl halides is 3. The highest BCUT2D eigenvalue weighted by Gasteiger charge is 2.38. The smallest absolute Gasteiger partial charge is 0.437 e. The average Bonchev–Trinajstić information content (AvgIpc) is 3.51. The normalized spacial score (nSPS) is 11.7. The number of anilines is 2. The maximum absolute atomic E-state index is 13.3. The van der Waals surface area contributed by atoms with Crippen molar-refractivity contribution in [3.05, 3.63) is 59.9 Å². The molecule has 9 nitrogen and oxygen atoms in total. The van der Waals surface area contributed by atoms with Gasteiger partial charge in [-0.15, -0.1) is 0 Å². The van der Waals surface area contributed by atoms with E-state index in [1.807, 2.05) is 6.92 Å².